The Morgan fingerprint density at radius 2 is 1.59 bits per heavy atom. The Morgan fingerprint density at radius 1 is 0.971 bits per heavy atom. The molecule has 4 N–H and O–H groups in total. The SMILES string of the molecule is O=C(Nc1ccc(F)cc1C(=O)NC(CO)C(=O)O)OCC1c2ccccc2-c2ccccc21. The molecule has 1 aliphatic rings. The minimum atomic E-state index is -1.59. The van der Waals surface area contributed by atoms with E-state index in [1.165, 1.54) is 6.07 Å². The molecule has 0 saturated heterocycles. The van der Waals surface area contributed by atoms with E-state index in [-0.39, 0.29) is 23.8 Å². The van der Waals surface area contributed by atoms with Gasteiger partial charge >= 0.3 is 12.1 Å². The lowest BCUT2D eigenvalue weighted by Crippen LogP contribution is -2.43. The molecule has 3 aromatic carbocycles. The number of carboxylic acid groups (broad SMARTS) is 1. The minimum absolute atomic E-state index is 0.0359. The smallest absolute Gasteiger partial charge is 0.411 e. The molecular formula is C25H21FN2O6. The molecule has 0 bridgehead atoms. The number of hydrogen-bond acceptors (Lipinski definition) is 5. The van der Waals surface area contributed by atoms with Crippen LogP contribution in [-0.4, -0.2) is 47.4 Å². The van der Waals surface area contributed by atoms with Gasteiger partial charge in [0, 0.05) is 5.92 Å². The maximum atomic E-state index is 13.8. The summed E-state index contributed by atoms with van der Waals surface area (Å²) in [4.78, 5) is 36.1. The summed E-state index contributed by atoms with van der Waals surface area (Å²) in [5.74, 6) is -3.37. The molecule has 34 heavy (non-hydrogen) atoms. The fraction of sp³-hybridized carbons (Fsp3) is 0.160. The Hall–Kier alpha value is -4.24. The van der Waals surface area contributed by atoms with Gasteiger partial charge in [-0.15, -0.1) is 0 Å². The number of benzene rings is 3. The average Bonchev–Trinajstić information content (AvgIpc) is 3.15. The highest BCUT2D eigenvalue weighted by Crippen LogP contribution is 2.44. The van der Waals surface area contributed by atoms with E-state index in [2.05, 4.69) is 10.6 Å². The van der Waals surface area contributed by atoms with Crippen molar-refractivity contribution >= 4 is 23.7 Å². The number of rotatable bonds is 7. The number of anilines is 1. The number of fused-ring (bicyclic) bond motifs is 3. The van der Waals surface area contributed by atoms with Crippen LogP contribution in [-0.2, 0) is 9.53 Å². The normalized spacial score (nSPS) is 12.9. The molecule has 174 valence electrons. The summed E-state index contributed by atoms with van der Waals surface area (Å²) in [5.41, 5.74) is 3.82. The van der Waals surface area contributed by atoms with E-state index in [4.69, 9.17) is 14.9 Å². The third-order valence-corrected chi connectivity index (χ3v) is 5.59. The van der Waals surface area contributed by atoms with Crippen molar-refractivity contribution in [2.24, 2.45) is 0 Å². The molecule has 1 aliphatic carbocycles. The highest BCUT2D eigenvalue weighted by molar-refractivity contribution is 6.03. The Labute approximate surface area is 194 Å². The van der Waals surface area contributed by atoms with E-state index < -0.39 is 36.4 Å². The van der Waals surface area contributed by atoms with Gasteiger partial charge in [-0.1, -0.05) is 48.5 Å². The van der Waals surface area contributed by atoms with Gasteiger partial charge in [-0.05, 0) is 40.5 Å². The number of hydrogen-bond donors (Lipinski definition) is 4. The standard InChI is InChI=1S/C25H21FN2O6/c26-14-9-10-21(19(11-14)23(30)27-22(12-29)24(31)32)28-25(33)34-13-20-17-7-3-1-5-15(17)16-6-2-4-8-18(16)20/h1-11,20,22,29H,12-13H2,(H,27,30)(H,28,33)(H,31,32). The van der Waals surface area contributed by atoms with Crippen LogP contribution in [0, 0.1) is 5.82 Å². The van der Waals surface area contributed by atoms with Crippen LogP contribution in [0.5, 0.6) is 0 Å². The lowest BCUT2D eigenvalue weighted by molar-refractivity contribution is -0.140. The number of nitrogens with one attached hydrogen (secondary N) is 2. The molecule has 0 radical (unpaired) electrons. The summed E-state index contributed by atoms with van der Waals surface area (Å²) in [7, 11) is 0. The van der Waals surface area contributed by atoms with Crippen molar-refractivity contribution in [3.05, 3.63) is 89.2 Å². The lowest BCUT2D eigenvalue weighted by Gasteiger charge is -2.16. The summed E-state index contributed by atoms with van der Waals surface area (Å²) in [6, 6.07) is 17.2. The summed E-state index contributed by atoms with van der Waals surface area (Å²) in [5, 5.41) is 22.6. The minimum Gasteiger partial charge on any atom is -0.480 e. The van der Waals surface area contributed by atoms with Crippen molar-refractivity contribution in [1.82, 2.24) is 5.32 Å². The van der Waals surface area contributed by atoms with Gasteiger partial charge in [0.2, 0.25) is 0 Å². The highest BCUT2D eigenvalue weighted by Gasteiger charge is 2.29. The zero-order chi connectivity index (χ0) is 24.2. The number of carbonyl (C=O) groups is 3. The van der Waals surface area contributed by atoms with E-state index in [0.717, 1.165) is 34.4 Å². The number of aliphatic hydroxyl groups is 1. The van der Waals surface area contributed by atoms with E-state index in [0.29, 0.717) is 0 Å². The molecule has 0 fully saturated rings. The van der Waals surface area contributed by atoms with Crippen LogP contribution in [0.2, 0.25) is 0 Å². The monoisotopic (exact) mass is 464 g/mol. The summed E-state index contributed by atoms with van der Waals surface area (Å²) in [6.45, 7) is -0.820. The first-order chi connectivity index (χ1) is 16.4. The van der Waals surface area contributed by atoms with Gasteiger partial charge in [0.1, 0.15) is 12.4 Å². The number of carbonyl (C=O) groups excluding carboxylic acids is 2. The van der Waals surface area contributed by atoms with Crippen LogP contribution >= 0.6 is 0 Å². The first kappa shape index (κ1) is 22.9. The van der Waals surface area contributed by atoms with Crippen molar-refractivity contribution < 1.29 is 33.7 Å². The molecule has 9 heteroatoms. The molecule has 0 saturated carbocycles. The molecule has 4 rings (SSSR count). The Kier molecular flexibility index (Phi) is 6.55. The number of ether oxygens (including phenoxy) is 1. The predicted molar refractivity (Wildman–Crippen MR) is 121 cm³/mol. The third-order valence-electron chi connectivity index (χ3n) is 5.59. The van der Waals surface area contributed by atoms with Crippen LogP contribution in [0.25, 0.3) is 11.1 Å². The molecular weight excluding hydrogens is 443 g/mol. The lowest BCUT2D eigenvalue weighted by atomic mass is 9.98. The van der Waals surface area contributed by atoms with Gasteiger partial charge < -0.3 is 20.3 Å². The molecule has 0 heterocycles. The topological polar surface area (TPSA) is 125 Å². The zero-order valence-electron chi connectivity index (χ0n) is 17.8. The summed E-state index contributed by atoms with van der Waals surface area (Å²) >= 11 is 0. The molecule has 0 aliphatic heterocycles. The summed E-state index contributed by atoms with van der Waals surface area (Å²) < 4.78 is 19.2. The first-order valence-corrected chi connectivity index (χ1v) is 10.4. The van der Waals surface area contributed by atoms with Crippen LogP contribution < -0.4 is 10.6 Å². The second-order valence-corrected chi connectivity index (χ2v) is 7.69. The fourth-order valence-corrected chi connectivity index (χ4v) is 3.98. The maximum absolute atomic E-state index is 13.8. The molecule has 2 amide bonds. The van der Waals surface area contributed by atoms with Crippen molar-refractivity contribution in [2.45, 2.75) is 12.0 Å². The molecule has 0 spiro atoms. The molecule has 3 aromatic rings. The number of aliphatic hydroxyl groups excluding tert-OH is 1. The molecule has 0 aromatic heterocycles. The maximum Gasteiger partial charge on any atom is 0.411 e. The molecule has 1 unspecified atom stereocenters. The third kappa shape index (κ3) is 4.60. The van der Waals surface area contributed by atoms with Gasteiger partial charge in [0.15, 0.2) is 6.04 Å². The number of amides is 2. The van der Waals surface area contributed by atoms with Crippen LogP contribution in [0.15, 0.2) is 66.7 Å². The molecule has 1 atom stereocenters. The van der Waals surface area contributed by atoms with Crippen molar-refractivity contribution in [2.75, 3.05) is 18.5 Å². The van der Waals surface area contributed by atoms with Gasteiger partial charge in [0.25, 0.3) is 5.91 Å². The Morgan fingerprint density at radius 3 is 2.18 bits per heavy atom. The van der Waals surface area contributed by atoms with Crippen LogP contribution in [0.3, 0.4) is 0 Å². The van der Waals surface area contributed by atoms with Crippen molar-refractivity contribution in [1.29, 1.82) is 0 Å². The van der Waals surface area contributed by atoms with E-state index in [1.807, 2.05) is 48.5 Å². The quantitative estimate of drug-likeness (QED) is 0.425. The largest absolute Gasteiger partial charge is 0.480 e. The summed E-state index contributed by atoms with van der Waals surface area (Å²) in [6.07, 6.45) is -0.862. The van der Waals surface area contributed by atoms with Gasteiger partial charge in [0.05, 0.1) is 17.9 Å². The second kappa shape index (κ2) is 9.72. The fourth-order valence-electron chi connectivity index (χ4n) is 3.98. The average molecular weight is 464 g/mol. The van der Waals surface area contributed by atoms with Gasteiger partial charge in [-0.3, -0.25) is 10.1 Å². The zero-order valence-corrected chi connectivity index (χ0v) is 17.8. The van der Waals surface area contributed by atoms with Gasteiger partial charge in [-0.2, -0.15) is 0 Å². The second-order valence-electron chi connectivity index (χ2n) is 7.69. The van der Waals surface area contributed by atoms with Crippen molar-refractivity contribution in [3.8, 4) is 11.1 Å². The van der Waals surface area contributed by atoms with E-state index >= 15 is 0 Å². The predicted octanol–water partition coefficient (Wildman–Crippen LogP) is 3.36. The number of halogens is 1. The Balaban J connectivity index is 1.48. The van der Waals surface area contributed by atoms with E-state index in [1.54, 1.807) is 0 Å². The Bertz CT molecular complexity index is 1220. The van der Waals surface area contributed by atoms with E-state index in [9.17, 15) is 18.8 Å². The van der Waals surface area contributed by atoms with Gasteiger partial charge in [-0.25, -0.2) is 14.0 Å². The van der Waals surface area contributed by atoms with Crippen LogP contribution in [0.1, 0.15) is 27.4 Å². The first-order valence-electron chi connectivity index (χ1n) is 10.4. The highest BCUT2D eigenvalue weighted by atomic mass is 19.1. The molecule has 8 nitrogen and oxygen atoms in total. The van der Waals surface area contributed by atoms with Crippen molar-refractivity contribution in [3.63, 3.8) is 0 Å². The number of aliphatic carboxylic acids is 1. The number of carboxylic acids is 1. The van der Waals surface area contributed by atoms with Crippen LogP contribution in [0.4, 0.5) is 14.9 Å².